The third-order valence-corrected chi connectivity index (χ3v) is 8.55. The molecule has 3 amide bonds. The lowest BCUT2D eigenvalue weighted by molar-refractivity contribution is -0.123. The maximum Gasteiger partial charge on any atom is 0.261 e. The Morgan fingerprint density at radius 2 is 1.86 bits per heavy atom. The van der Waals surface area contributed by atoms with Crippen LogP contribution < -0.4 is 30.4 Å². The van der Waals surface area contributed by atoms with Crippen LogP contribution in [0, 0.1) is 6.92 Å². The number of pyridine rings is 1. The lowest BCUT2D eigenvalue weighted by atomic mass is 9.94. The zero-order valence-corrected chi connectivity index (χ0v) is 24.9. The molecule has 0 saturated carbocycles. The highest BCUT2D eigenvalue weighted by Crippen LogP contribution is 2.28. The largest absolute Gasteiger partial charge is 0.496 e. The van der Waals surface area contributed by atoms with Gasteiger partial charge in [0, 0.05) is 48.9 Å². The predicted octanol–water partition coefficient (Wildman–Crippen LogP) is 2.67. The van der Waals surface area contributed by atoms with Gasteiger partial charge in [-0.25, -0.2) is 0 Å². The number of nitrogens with zero attached hydrogens (tertiary/aromatic N) is 1. The average Bonchev–Trinajstić information content (AvgIpc) is 3.03. The van der Waals surface area contributed by atoms with Gasteiger partial charge in [-0.2, -0.15) is 0 Å². The van der Waals surface area contributed by atoms with Gasteiger partial charge in [-0.1, -0.05) is 6.07 Å². The molecule has 3 aromatic rings. The van der Waals surface area contributed by atoms with Crippen LogP contribution in [0.25, 0.3) is 0 Å². The summed E-state index contributed by atoms with van der Waals surface area (Å²) in [5.74, 6) is 0.409. The van der Waals surface area contributed by atoms with E-state index in [-0.39, 0.29) is 48.5 Å². The zero-order valence-electron chi connectivity index (χ0n) is 24.9. The summed E-state index contributed by atoms with van der Waals surface area (Å²) in [5, 5.41) is 5.89. The fraction of sp³-hybridized carbons (Fsp3) is 0.394. The predicted molar refractivity (Wildman–Crippen MR) is 161 cm³/mol. The molecular formula is C33H36N4O7. The van der Waals surface area contributed by atoms with E-state index in [1.807, 2.05) is 13.0 Å². The number of amides is 3. The summed E-state index contributed by atoms with van der Waals surface area (Å²) >= 11 is 0. The number of carbonyl (C=O) groups is 3. The Balaban J connectivity index is 1.31. The Hall–Kier alpha value is -4.80. The van der Waals surface area contributed by atoms with Gasteiger partial charge in [-0.05, 0) is 74.1 Å². The molecule has 4 aliphatic rings. The number of hydrogen-bond donors (Lipinski definition) is 3. The number of benzene rings is 2. The molecule has 7 rings (SSSR count). The van der Waals surface area contributed by atoms with Gasteiger partial charge in [0.1, 0.15) is 28.9 Å². The van der Waals surface area contributed by atoms with Gasteiger partial charge in [-0.3, -0.25) is 19.2 Å². The van der Waals surface area contributed by atoms with Crippen molar-refractivity contribution in [2.75, 3.05) is 26.8 Å². The molecule has 1 saturated heterocycles. The Kier molecular flexibility index (Phi) is 8.28. The first kappa shape index (κ1) is 29.3. The van der Waals surface area contributed by atoms with Crippen LogP contribution in [0.2, 0.25) is 0 Å². The lowest BCUT2D eigenvalue weighted by Gasteiger charge is -2.39. The summed E-state index contributed by atoms with van der Waals surface area (Å²) in [6.45, 7) is 2.33. The Bertz CT molecular complexity index is 1670. The molecule has 11 nitrogen and oxygen atoms in total. The van der Waals surface area contributed by atoms with Crippen LogP contribution in [-0.4, -0.2) is 66.6 Å². The fourth-order valence-corrected chi connectivity index (χ4v) is 6.05. The molecule has 1 fully saturated rings. The minimum Gasteiger partial charge on any atom is -0.496 e. The number of methoxy groups -OCH3 is 1. The first-order valence-electron chi connectivity index (χ1n) is 15.0. The lowest BCUT2D eigenvalue weighted by Crippen LogP contribution is -2.58. The van der Waals surface area contributed by atoms with Crippen molar-refractivity contribution in [3.63, 3.8) is 0 Å². The molecule has 1 aliphatic carbocycles. The molecule has 2 aromatic carbocycles. The molecule has 2 atom stereocenters. The second kappa shape index (κ2) is 12.4. The molecule has 0 spiro atoms. The number of piperidine rings is 1. The van der Waals surface area contributed by atoms with Crippen LogP contribution >= 0.6 is 0 Å². The highest BCUT2D eigenvalue weighted by molar-refractivity contribution is 5.96. The highest BCUT2D eigenvalue weighted by Gasteiger charge is 2.36. The maximum absolute atomic E-state index is 13.7. The van der Waals surface area contributed by atoms with Crippen molar-refractivity contribution in [1.82, 2.24) is 20.5 Å². The molecule has 0 radical (unpaired) electrons. The van der Waals surface area contributed by atoms with Crippen molar-refractivity contribution in [3.05, 3.63) is 86.3 Å². The van der Waals surface area contributed by atoms with Crippen LogP contribution in [-0.2, 0) is 24.2 Å². The van der Waals surface area contributed by atoms with E-state index >= 15 is 0 Å². The van der Waals surface area contributed by atoms with Crippen LogP contribution in [0.15, 0.2) is 47.3 Å². The Morgan fingerprint density at radius 1 is 1.02 bits per heavy atom. The van der Waals surface area contributed by atoms with Gasteiger partial charge >= 0.3 is 0 Å². The van der Waals surface area contributed by atoms with Crippen LogP contribution in [0.3, 0.4) is 0 Å². The van der Waals surface area contributed by atoms with Crippen molar-refractivity contribution in [3.8, 4) is 17.2 Å². The number of hydrogen-bond acceptors (Lipinski definition) is 7. The fourth-order valence-electron chi connectivity index (χ4n) is 6.05. The van der Waals surface area contributed by atoms with Gasteiger partial charge in [0.15, 0.2) is 6.61 Å². The summed E-state index contributed by atoms with van der Waals surface area (Å²) in [6, 6.07) is 11.5. The number of fused-ring (bicyclic) bond motifs is 8. The van der Waals surface area contributed by atoms with Crippen LogP contribution in [0.4, 0.5) is 0 Å². The van der Waals surface area contributed by atoms with Gasteiger partial charge < -0.3 is 34.7 Å². The topological polar surface area (TPSA) is 139 Å². The molecule has 11 heteroatoms. The van der Waals surface area contributed by atoms with E-state index < -0.39 is 12.1 Å². The second-order valence-electron chi connectivity index (χ2n) is 11.5. The molecule has 3 aliphatic heterocycles. The summed E-state index contributed by atoms with van der Waals surface area (Å²) < 4.78 is 17.7. The Labute approximate surface area is 254 Å². The number of aromatic amines is 1. The smallest absolute Gasteiger partial charge is 0.261 e. The molecular weight excluding hydrogens is 564 g/mol. The third-order valence-electron chi connectivity index (χ3n) is 8.55. The molecule has 3 N–H and O–H groups in total. The van der Waals surface area contributed by atoms with E-state index in [4.69, 9.17) is 14.2 Å². The van der Waals surface area contributed by atoms with Gasteiger partial charge in [-0.15, -0.1) is 0 Å². The summed E-state index contributed by atoms with van der Waals surface area (Å²) in [4.78, 5) is 57.2. The van der Waals surface area contributed by atoms with Gasteiger partial charge in [0.25, 0.3) is 23.3 Å². The summed E-state index contributed by atoms with van der Waals surface area (Å²) in [5.41, 5.74) is 3.52. The molecule has 4 bridgehead atoms. The van der Waals surface area contributed by atoms with E-state index in [0.717, 1.165) is 48.1 Å². The van der Waals surface area contributed by atoms with Crippen molar-refractivity contribution in [1.29, 1.82) is 0 Å². The number of carbonyl (C=O) groups excluding carboxylic acids is 3. The number of likely N-dealkylation sites (tertiary alicyclic amines) is 1. The monoisotopic (exact) mass is 600 g/mol. The molecule has 1 aromatic heterocycles. The number of nitrogens with one attached hydrogen (secondary N) is 3. The minimum atomic E-state index is -0.591. The quantitative estimate of drug-likeness (QED) is 0.411. The summed E-state index contributed by atoms with van der Waals surface area (Å²) in [7, 11) is 1.54. The number of aryl methyl sites for hydroxylation is 3. The standard InChI is InChI=1S/C33H36N4O7/c1-19-7-8-21-14-28(19)43-18-30(38)34-16-22-9-10-23(15-29(22)42-2)44-27-11-12-37(17-26(27)36-31(21)39)33(41)24-13-20-5-3-4-6-25(20)35-32(24)40/h7-10,13-15,26-27H,3-6,11-12,16-18H2,1-2H3,(H,34,38)(H,35,40)(H,36,39)/t26-,27+/m0/s1. The van der Waals surface area contributed by atoms with Gasteiger partial charge in [0.05, 0.1) is 13.2 Å². The second-order valence-corrected chi connectivity index (χ2v) is 11.5. The van der Waals surface area contributed by atoms with Crippen LogP contribution in [0.5, 0.6) is 17.2 Å². The first-order chi connectivity index (χ1) is 21.3. The van der Waals surface area contributed by atoms with Gasteiger partial charge in [0.2, 0.25) is 0 Å². The maximum atomic E-state index is 13.7. The molecule has 0 unspecified atom stereocenters. The van der Waals surface area contributed by atoms with E-state index in [0.29, 0.717) is 35.8 Å². The Morgan fingerprint density at radius 3 is 2.70 bits per heavy atom. The third kappa shape index (κ3) is 6.13. The van der Waals surface area contributed by atoms with Crippen LogP contribution in [0.1, 0.15) is 62.4 Å². The average molecular weight is 601 g/mol. The van der Waals surface area contributed by atoms with Crippen molar-refractivity contribution in [2.24, 2.45) is 0 Å². The SMILES string of the molecule is COc1cc2ccc1CNC(=O)COc1cc(ccc1C)C(=O)N[C@H]1CN(C(=O)c3cc4c([nH]c3=O)CCCC4)CC[C@H]1O2. The number of H-pyrrole nitrogens is 1. The highest BCUT2D eigenvalue weighted by atomic mass is 16.5. The number of aromatic nitrogens is 1. The van der Waals surface area contributed by atoms with E-state index in [1.165, 1.54) is 0 Å². The van der Waals surface area contributed by atoms with E-state index in [9.17, 15) is 19.2 Å². The molecule has 230 valence electrons. The van der Waals surface area contributed by atoms with E-state index in [1.54, 1.807) is 48.4 Å². The first-order valence-corrected chi connectivity index (χ1v) is 15.0. The number of ether oxygens (including phenoxy) is 3. The minimum absolute atomic E-state index is 0.115. The van der Waals surface area contributed by atoms with E-state index in [2.05, 4.69) is 15.6 Å². The van der Waals surface area contributed by atoms with Crippen molar-refractivity contribution in [2.45, 2.75) is 57.7 Å². The molecule has 44 heavy (non-hydrogen) atoms. The van der Waals surface area contributed by atoms with Crippen molar-refractivity contribution < 1.29 is 28.6 Å². The van der Waals surface area contributed by atoms with Crippen molar-refractivity contribution >= 4 is 17.7 Å². The number of rotatable bonds is 2. The normalized spacial score (nSPS) is 20.2. The summed E-state index contributed by atoms with van der Waals surface area (Å²) in [6.07, 6.45) is 3.62. The molecule has 4 heterocycles. The zero-order chi connectivity index (χ0) is 30.8.